The minimum atomic E-state index is -0.965. The Bertz CT molecular complexity index is 1500. The van der Waals surface area contributed by atoms with Crippen LogP contribution in [0.3, 0.4) is 0 Å². The molecule has 0 radical (unpaired) electrons. The van der Waals surface area contributed by atoms with Crippen molar-refractivity contribution in [1.82, 2.24) is 0 Å². The van der Waals surface area contributed by atoms with Crippen LogP contribution in [0.15, 0.2) is 78.9 Å². The van der Waals surface area contributed by atoms with Crippen molar-refractivity contribution in [3.8, 4) is 16.9 Å². The second kappa shape index (κ2) is 8.70. The van der Waals surface area contributed by atoms with E-state index in [1.807, 2.05) is 66.7 Å². The molecule has 7 rings (SSSR count). The van der Waals surface area contributed by atoms with Gasteiger partial charge >= 0.3 is 5.97 Å². The lowest BCUT2D eigenvalue weighted by Crippen LogP contribution is -2.39. The molecule has 4 aromatic rings. The van der Waals surface area contributed by atoms with Crippen LogP contribution in [0.2, 0.25) is 0 Å². The Morgan fingerprint density at radius 3 is 2.73 bits per heavy atom. The number of aliphatic hydroxyl groups is 1. The summed E-state index contributed by atoms with van der Waals surface area (Å²) in [4.78, 5) is 12.3. The average Bonchev–Trinajstić information content (AvgIpc) is 3.47. The molecule has 6 nitrogen and oxygen atoms in total. The quantitative estimate of drug-likeness (QED) is 0.371. The van der Waals surface area contributed by atoms with Crippen molar-refractivity contribution >= 4 is 16.7 Å². The number of hydrogen-bond acceptors (Lipinski definition) is 6. The molecule has 186 valence electrons. The van der Waals surface area contributed by atoms with Gasteiger partial charge < -0.3 is 24.1 Å². The molecule has 3 atom stereocenters. The van der Waals surface area contributed by atoms with Gasteiger partial charge in [-0.2, -0.15) is 0 Å². The summed E-state index contributed by atoms with van der Waals surface area (Å²) in [5.41, 5.74) is 4.45. The summed E-state index contributed by atoms with van der Waals surface area (Å²) in [6.07, 6.45) is 0.540. The highest BCUT2D eigenvalue weighted by Crippen LogP contribution is 2.42. The maximum absolute atomic E-state index is 12.3. The van der Waals surface area contributed by atoms with Crippen molar-refractivity contribution in [3.63, 3.8) is 0 Å². The fraction of sp³-hybridized carbons (Fsp3) is 0.258. The third-order valence-corrected chi connectivity index (χ3v) is 7.60. The summed E-state index contributed by atoms with van der Waals surface area (Å²) in [7, 11) is 0. The normalized spacial score (nSPS) is 24.2. The Kier molecular flexibility index (Phi) is 5.29. The summed E-state index contributed by atoms with van der Waals surface area (Å²) in [6.45, 7) is 1.17. The Balaban J connectivity index is 1.19. The molecule has 1 N–H and O–H groups in total. The molecule has 4 aromatic carbocycles. The van der Waals surface area contributed by atoms with E-state index in [0.29, 0.717) is 31.6 Å². The van der Waals surface area contributed by atoms with Gasteiger partial charge in [0.05, 0.1) is 23.9 Å². The molecule has 2 saturated heterocycles. The van der Waals surface area contributed by atoms with Gasteiger partial charge in [-0.1, -0.05) is 54.6 Å². The van der Waals surface area contributed by atoms with Gasteiger partial charge in [0, 0.05) is 18.4 Å². The molecule has 3 aliphatic heterocycles. The zero-order valence-corrected chi connectivity index (χ0v) is 20.2. The monoisotopic (exact) mass is 494 g/mol. The number of ether oxygens (including phenoxy) is 4. The summed E-state index contributed by atoms with van der Waals surface area (Å²) in [5.74, 6) is 0.455. The molecular weight excluding hydrogens is 468 g/mol. The van der Waals surface area contributed by atoms with E-state index in [0.717, 1.165) is 44.3 Å². The van der Waals surface area contributed by atoms with E-state index in [1.54, 1.807) is 0 Å². The third kappa shape index (κ3) is 3.98. The van der Waals surface area contributed by atoms with Gasteiger partial charge in [0.15, 0.2) is 6.29 Å². The predicted octanol–water partition coefficient (Wildman–Crippen LogP) is 5.48. The second-order valence-corrected chi connectivity index (χ2v) is 10.1. The second-order valence-electron chi connectivity index (χ2n) is 10.1. The van der Waals surface area contributed by atoms with E-state index in [4.69, 9.17) is 18.9 Å². The topological polar surface area (TPSA) is 74.2 Å². The molecule has 3 aliphatic rings. The van der Waals surface area contributed by atoms with Gasteiger partial charge in [-0.05, 0) is 57.3 Å². The standard InChI is InChI=1S/C31H26O6/c32-30-26-12-21-9-10-23(13-25(21)29(27(26)18-36-30)20-6-2-1-3-7-20)34-16-19-5-4-8-22(11-19)31(33)14-24-17-35-28(15-31)37-24/h1-13,24,28,33H,14-18H2/t24-,28+,31-/m0/s1. The van der Waals surface area contributed by atoms with Gasteiger partial charge in [0.2, 0.25) is 0 Å². The molecule has 0 amide bonds. The summed E-state index contributed by atoms with van der Waals surface area (Å²) >= 11 is 0. The fourth-order valence-corrected chi connectivity index (χ4v) is 5.80. The molecule has 0 aliphatic carbocycles. The average molecular weight is 495 g/mol. The Morgan fingerprint density at radius 1 is 0.973 bits per heavy atom. The number of fused-ring (bicyclic) bond motifs is 4. The summed E-state index contributed by atoms with van der Waals surface area (Å²) < 4.78 is 22.9. The van der Waals surface area contributed by atoms with E-state index in [-0.39, 0.29) is 25.0 Å². The van der Waals surface area contributed by atoms with Crippen molar-refractivity contribution < 1.29 is 28.8 Å². The molecule has 0 spiro atoms. The summed E-state index contributed by atoms with van der Waals surface area (Å²) in [6, 6.07) is 25.9. The number of rotatable bonds is 5. The molecule has 2 bridgehead atoms. The van der Waals surface area contributed by atoms with Crippen molar-refractivity contribution in [2.45, 2.75) is 44.1 Å². The van der Waals surface area contributed by atoms with E-state index in [1.165, 1.54) is 0 Å². The first-order valence-electron chi connectivity index (χ1n) is 12.6. The van der Waals surface area contributed by atoms with Gasteiger partial charge in [-0.3, -0.25) is 0 Å². The lowest BCUT2D eigenvalue weighted by atomic mass is 9.83. The van der Waals surface area contributed by atoms with Gasteiger partial charge in [0.1, 0.15) is 19.0 Å². The number of hydrogen-bond donors (Lipinski definition) is 1. The van der Waals surface area contributed by atoms with Crippen molar-refractivity contribution in [3.05, 3.63) is 101 Å². The highest BCUT2D eigenvalue weighted by Gasteiger charge is 2.45. The number of benzene rings is 4. The lowest BCUT2D eigenvalue weighted by Gasteiger charge is -2.35. The van der Waals surface area contributed by atoms with Crippen LogP contribution in [0.4, 0.5) is 0 Å². The molecule has 0 saturated carbocycles. The first-order valence-corrected chi connectivity index (χ1v) is 12.6. The van der Waals surface area contributed by atoms with E-state index < -0.39 is 5.60 Å². The first-order chi connectivity index (χ1) is 18.1. The molecule has 3 heterocycles. The van der Waals surface area contributed by atoms with Crippen LogP contribution < -0.4 is 4.74 Å². The van der Waals surface area contributed by atoms with Crippen LogP contribution in [0.5, 0.6) is 5.75 Å². The maximum atomic E-state index is 12.3. The minimum absolute atomic E-state index is 0.0674. The predicted molar refractivity (Wildman–Crippen MR) is 137 cm³/mol. The SMILES string of the molecule is O=C1OCc2c1cc1ccc(OCc3cccc([C@]4(O)C[C@H]5CO[C@@H](C4)O5)c3)cc1c2-c1ccccc1. The van der Waals surface area contributed by atoms with E-state index in [2.05, 4.69) is 12.1 Å². The number of carbonyl (C=O) groups is 1. The highest BCUT2D eigenvalue weighted by molar-refractivity contribution is 6.07. The summed E-state index contributed by atoms with van der Waals surface area (Å²) in [5, 5.41) is 13.3. The van der Waals surface area contributed by atoms with Gasteiger partial charge in [0.25, 0.3) is 0 Å². The molecule has 37 heavy (non-hydrogen) atoms. The van der Waals surface area contributed by atoms with Gasteiger partial charge in [-0.15, -0.1) is 0 Å². The molecule has 6 heteroatoms. The Labute approximate surface area is 214 Å². The molecule has 0 unspecified atom stereocenters. The maximum Gasteiger partial charge on any atom is 0.338 e. The van der Waals surface area contributed by atoms with E-state index in [9.17, 15) is 9.90 Å². The van der Waals surface area contributed by atoms with Crippen molar-refractivity contribution in [2.75, 3.05) is 6.61 Å². The third-order valence-electron chi connectivity index (χ3n) is 7.60. The number of cyclic esters (lactones) is 1. The smallest absolute Gasteiger partial charge is 0.338 e. The van der Waals surface area contributed by atoms with Crippen LogP contribution in [0.1, 0.15) is 39.9 Å². The lowest BCUT2D eigenvalue weighted by molar-refractivity contribution is -0.159. The Morgan fingerprint density at radius 2 is 1.86 bits per heavy atom. The Hall–Kier alpha value is -3.71. The highest BCUT2D eigenvalue weighted by atomic mass is 16.7. The zero-order chi connectivity index (χ0) is 25.0. The molecular formula is C31H26O6. The fourth-order valence-electron chi connectivity index (χ4n) is 5.80. The van der Waals surface area contributed by atoms with E-state index >= 15 is 0 Å². The van der Waals surface area contributed by atoms with Crippen molar-refractivity contribution in [2.24, 2.45) is 0 Å². The molecule has 2 fully saturated rings. The van der Waals surface area contributed by atoms with Gasteiger partial charge in [-0.25, -0.2) is 4.79 Å². The van der Waals surface area contributed by atoms with Crippen LogP contribution >= 0.6 is 0 Å². The number of carbonyl (C=O) groups excluding carboxylic acids is 1. The zero-order valence-electron chi connectivity index (χ0n) is 20.2. The van der Waals surface area contributed by atoms with Crippen molar-refractivity contribution in [1.29, 1.82) is 0 Å². The first kappa shape index (κ1) is 22.5. The van der Waals surface area contributed by atoms with Crippen LogP contribution in [-0.2, 0) is 33.0 Å². The number of esters is 1. The molecule has 0 aromatic heterocycles. The van der Waals surface area contributed by atoms with Crippen LogP contribution in [0, 0.1) is 0 Å². The van der Waals surface area contributed by atoms with Crippen LogP contribution in [0.25, 0.3) is 21.9 Å². The van der Waals surface area contributed by atoms with Crippen LogP contribution in [-0.4, -0.2) is 30.1 Å². The largest absolute Gasteiger partial charge is 0.489 e. The minimum Gasteiger partial charge on any atom is -0.489 e.